The van der Waals surface area contributed by atoms with E-state index in [0.29, 0.717) is 28.3 Å². The molecule has 0 aliphatic rings. The maximum atomic E-state index is 12.8. The Morgan fingerprint density at radius 1 is 0.974 bits per heavy atom. The van der Waals surface area contributed by atoms with Crippen molar-refractivity contribution in [1.29, 1.82) is 0 Å². The van der Waals surface area contributed by atoms with Gasteiger partial charge in [-0.15, -0.1) is 0 Å². The lowest BCUT2D eigenvalue weighted by atomic mass is 10.0. The van der Waals surface area contributed by atoms with Gasteiger partial charge in [-0.25, -0.2) is 4.79 Å². The Kier molecular flexibility index (Phi) is 9.63. The summed E-state index contributed by atoms with van der Waals surface area (Å²) in [4.78, 5) is 49.6. The molecule has 204 valence electrons. The zero-order valence-electron chi connectivity index (χ0n) is 22.3. The fourth-order valence-corrected chi connectivity index (χ4v) is 4.06. The largest absolute Gasteiger partial charge is 0.495 e. The molecule has 39 heavy (non-hydrogen) atoms. The number of rotatable bonds is 10. The molecule has 0 aromatic heterocycles. The highest BCUT2D eigenvalue weighted by Crippen LogP contribution is 2.27. The van der Waals surface area contributed by atoms with Crippen molar-refractivity contribution in [3.63, 3.8) is 0 Å². The molecular formula is C29H32N4O6. The van der Waals surface area contributed by atoms with Crippen LogP contribution < -0.4 is 25.6 Å². The average molecular weight is 533 g/mol. The number of nitrogens with zero attached hydrogens (tertiary/aromatic N) is 1. The van der Waals surface area contributed by atoms with Gasteiger partial charge in [-0.3, -0.25) is 19.3 Å². The third-order valence-corrected chi connectivity index (χ3v) is 6.01. The number of carbonyl (C=O) groups is 4. The van der Waals surface area contributed by atoms with E-state index in [-0.39, 0.29) is 30.7 Å². The number of hydrogen-bond donors (Lipinski definition) is 4. The summed E-state index contributed by atoms with van der Waals surface area (Å²) in [6, 6.07) is 18.3. The molecule has 0 saturated carbocycles. The molecule has 10 nitrogen and oxygen atoms in total. The second kappa shape index (κ2) is 13.1. The minimum atomic E-state index is -1.04. The predicted octanol–water partition coefficient (Wildman–Crippen LogP) is 4.51. The second-order valence-electron chi connectivity index (χ2n) is 9.01. The number of anilines is 3. The molecule has 3 aromatic carbocycles. The van der Waals surface area contributed by atoms with Crippen molar-refractivity contribution in [2.45, 2.75) is 32.7 Å². The first-order valence-corrected chi connectivity index (χ1v) is 12.2. The van der Waals surface area contributed by atoms with Gasteiger partial charge in [0.2, 0.25) is 11.8 Å². The molecule has 0 aliphatic carbocycles. The van der Waals surface area contributed by atoms with Crippen molar-refractivity contribution in [1.82, 2.24) is 5.32 Å². The van der Waals surface area contributed by atoms with E-state index >= 15 is 0 Å². The Hall–Kier alpha value is -4.86. The first kappa shape index (κ1) is 28.7. The Morgan fingerprint density at radius 3 is 2.28 bits per heavy atom. The van der Waals surface area contributed by atoms with Crippen molar-refractivity contribution in [3.05, 3.63) is 83.4 Å². The summed E-state index contributed by atoms with van der Waals surface area (Å²) < 4.78 is 5.45. The van der Waals surface area contributed by atoms with E-state index in [1.807, 2.05) is 31.2 Å². The first-order chi connectivity index (χ1) is 18.6. The van der Waals surface area contributed by atoms with Crippen LogP contribution in [0, 0.1) is 6.92 Å². The molecular weight excluding hydrogens is 500 g/mol. The molecule has 4 amide bonds. The van der Waals surface area contributed by atoms with Crippen LogP contribution in [0.5, 0.6) is 5.75 Å². The van der Waals surface area contributed by atoms with Gasteiger partial charge in [-0.05, 0) is 53.9 Å². The minimum absolute atomic E-state index is 0.0585. The maximum Gasteiger partial charge on any atom is 0.326 e. The Labute approximate surface area is 227 Å². The number of carbonyl (C=O) groups excluding carboxylic acids is 3. The van der Waals surface area contributed by atoms with E-state index < -0.39 is 12.0 Å². The van der Waals surface area contributed by atoms with E-state index in [0.717, 1.165) is 11.3 Å². The standard InChI is InChI=1S/C29H32N4O6/c1-18-7-5-6-8-25(18)33(3)29(38)32-23-14-9-20(15-26(23)39-4)16-27(35)31-22-12-10-21(11-13-22)24(17-28(36)37)30-19(2)34/h5-15,24H,16-17H2,1-4H3,(H,30,34)(H,31,35)(H,32,38)(H,36,37). The summed E-state index contributed by atoms with van der Waals surface area (Å²) in [5, 5.41) is 17.4. The van der Waals surface area contributed by atoms with Crippen LogP contribution in [-0.2, 0) is 20.8 Å². The number of carboxylic acid groups (broad SMARTS) is 1. The highest BCUT2D eigenvalue weighted by molar-refractivity contribution is 6.02. The number of nitrogens with one attached hydrogen (secondary N) is 3. The van der Waals surface area contributed by atoms with Gasteiger partial charge in [0.15, 0.2) is 0 Å². The van der Waals surface area contributed by atoms with E-state index in [2.05, 4.69) is 16.0 Å². The van der Waals surface area contributed by atoms with Crippen molar-refractivity contribution in [2.75, 3.05) is 29.7 Å². The smallest absolute Gasteiger partial charge is 0.326 e. The summed E-state index contributed by atoms with van der Waals surface area (Å²) in [7, 11) is 3.17. The van der Waals surface area contributed by atoms with Gasteiger partial charge in [-0.2, -0.15) is 0 Å². The number of urea groups is 1. The molecule has 3 aromatic rings. The lowest BCUT2D eigenvalue weighted by Crippen LogP contribution is -2.31. The van der Waals surface area contributed by atoms with E-state index in [1.165, 1.54) is 18.9 Å². The third-order valence-electron chi connectivity index (χ3n) is 6.01. The quantitative estimate of drug-likeness (QED) is 0.303. The van der Waals surface area contributed by atoms with Crippen LogP contribution in [0.1, 0.15) is 36.1 Å². The van der Waals surface area contributed by atoms with Crippen LogP contribution in [0.2, 0.25) is 0 Å². The van der Waals surface area contributed by atoms with Crippen LogP contribution >= 0.6 is 0 Å². The fraction of sp³-hybridized carbons (Fsp3) is 0.241. The minimum Gasteiger partial charge on any atom is -0.495 e. The fourth-order valence-electron chi connectivity index (χ4n) is 4.06. The van der Waals surface area contributed by atoms with E-state index in [4.69, 9.17) is 9.84 Å². The molecule has 0 saturated heterocycles. The predicted molar refractivity (Wildman–Crippen MR) is 149 cm³/mol. The van der Waals surface area contributed by atoms with Crippen LogP contribution in [0.4, 0.5) is 21.9 Å². The zero-order valence-corrected chi connectivity index (χ0v) is 22.3. The molecule has 0 radical (unpaired) electrons. The highest BCUT2D eigenvalue weighted by Gasteiger charge is 2.18. The third kappa shape index (κ3) is 8.06. The summed E-state index contributed by atoms with van der Waals surface area (Å²) in [5.74, 6) is -1.23. The molecule has 1 unspecified atom stereocenters. The van der Waals surface area contributed by atoms with Crippen molar-refractivity contribution < 1.29 is 29.0 Å². The zero-order chi connectivity index (χ0) is 28.5. The monoisotopic (exact) mass is 532 g/mol. The first-order valence-electron chi connectivity index (χ1n) is 12.2. The topological polar surface area (TPSA) is 137 Å². The second-order valence-corrected chi connectivity index (χ2v) is 9.01. The molecule has 10 heteroatoms. The Balaban J connectivity index is 1.64. The number of carboxylic acids is 1. The van der Waals surface area contributed by atoms with Crippen LogP contribution in [0.3, 0.4) is 0 Å². The molecule has 0 spiro atoms. The van der Waals surface area contributed by atoms with E-state index in [1.54, 1.807) is 49.5 Å². The van der Waals surface area contributed by atoms with Crippen LogP contribution in [-0.4, -0.2) is 43.1 Å². The molecule has 0 heterocycles. The maximum absolute atomic E-state index is 12.8. The Morgan fingerprint density at radius 2 is 1.67 bits per heavy atom. The molecule has 0 aliphatic heterocycles. The van der Waals surface area contributed by atoms with Crippen molar-refractivity contribution in [3.8, 4) is 5.75 Å². The van der Waals surface area contributed by atoms with Gasteiger partial charge in [0.25, 0.3) is 0 Å². The average Bonchev–Trinajstić information content (AvgIpc) is 2.88. The molecule has 3 rings (SSSR count). The summed E-state index contributed by atoms with van der Waals surface area (Å²) >= 11 is 0. The number of benzene rings is 3. The van der Waals surface area contributed by atoms with Crippen molar-refractivity contribution in [2.24, 2.45) is 0 Å². The van der Waals surface area contributed by atoms with Gasteiger partial charge >= 0.3 is 12.0 Å². The molecule has 4 N–H and O–H groups in total. The molecule has 0 fully saturated rings. The number of para-hydroxylation sites is 1. The lowest BCUT2D eigenvalue weighted by molar-refractivity contribution is -0.137. The normalized spacial score (nSPS) is 11.2. The van der Waals surface area contributed by atoms with Gasteiger partial charge in [-0.1, -0.05) is 36.4 Å². The summed E-state index contributed by atoms with van der Waals surface area (Å²) in [6.07, 6.45) is -0.200. The highest BCUT2D eigenvalue weighted by atomic mass is 16.5. The van der Waals surface area contributed by atoms with Crippen molar-refractivity contribution >= 4 is 40.9 Å². The van der Waals surface area contributed by atoms with Gasteiger partial charge in [0.05, 0.1) is 31.7 Å². The van der Waals surface area contributed by atoms with Crippen LogP contribution in [0.15, 0.2) is 66.7 Å². The Bertz CT molecular complexity index is 1340. The number of hydrogen-bond acceptors (Lipinski definition) is 5. The summed E-state index contributed by atoms with van der Waals surface area (Å²) in [6.45, 7) is 3.25. The number of amides is 4. The van der Waals surface area contributed by atoms with E-state index in [9.17, 15) is 19.2 Å². The number of ether oxygens (including phenoxy) is 1. The molecule has 1 atom stereocenters. The SMILES string of the molecule is COc1cc(CC(=O)Nc2ccc(C(CC(=O)O)NC(C)=O)cc2)ccc1NC(=O)N(C)c1ccccc1C. The molecule has 0 bridgehead atoms. The summed E-state index contributed by atoms with van der Waals surface area (Å²) in [5.41, 5.74) is 4.03. The van der Waals surface area contributed by atoms with Gasteiger partial charge in [0, 0.05) is 25.3 Å². The van der Waals surface area contributed by atoms with Crippen LogP contribution in [0.25, 0.3) is 0 Å². The number of aliphatic carboxylic acids is 1. The number of aryl methyl sites for hydroxylation is 1. The lowest BCUT2D eigenvalue weighted by Gasteiger charge is -2.21. The number of methoxy groups -OCH3 is 1. The van der Waals surface area contributed by atoms with Gasteiger partial charge < -0.3 is 25.8 Å². The van der Waals surface area contributed by atoms with Gasteiger partial charge in [0.1, 0.15) is 5.75 Å².